The summed E-state index contributed by atoms with van der Waals surface area (Å²) in [6, 6.07) is 6.19. The number of fused-ring (bicyclic) bond motifs is 2. The van der Waals surface area contributed by atoms with E-state index >= 15 is 0 Å². The molecule has 0 spiro atoms. The number of ether oxygens (including phenoxy) is 1. The van der Waals surface area contributed by atoms with E-state index in [1.807, 2.05) is 45.1 Å². The Morgan fingerprint density at radius 1 is 1.19 bits per heavy atom. The molecule has 0 atom stereocenters. The summed E-state index contributed by atoms with van der Waals surface area (Å²) < 4.78 is 6.19. The van der Waals surface area contributed by atoms with E-state index in [0.717, 1.165) is 38.4 Å². The molecule has 0 aliphatic carbocycles. The van der Waals surface area contributed by atoms with E-state index in [4.69, 9.17) is 15.5 Å². The number of nitrogen functional groups attached to an aromatic ring is 1. The van der Waals surface area contributed by atoms with Crippen LogP contribution in [0.2, 0.25) is 0 Å². The Bertz CT molecular complexity index is 1500. The standard InChI is InChI=1S/C26H29N7O3S/c1-14-7-16(17-9-20-25(28-11-17)37-26(27)30-20)8-18-12-33(5-6-36-23(14)18)24-19(10-22(34)35)15(2)29-21(31-24)13-32(3)4/h7-9,11H,5-6,10,12-13H2,1-4H3,(H2,27,30)(H,34,35). The molecule has 1 aliphatic rings. The molecular formula is C26H29N7O3S. The first-order valence-corrected chi connectivity index (χ1v) is 12.8. The van der Waals surface area contributed by atoms with Gasteiger partial charge in [-0.2, -0.15) is 0 Å². The molecule has 0 fully saturated rings. The summed E-state index contributed by atoms with van der Waals surface area (Å²) in [5, 5.41) is 10.1. The highest BCUT2D eigenvalue weighted by Gasteiger charge is 2.24. The molecule has 192 valence electrons. The number of benzene rings is 1. The van der Waals surface area contributed by atoms with Crippen molar-refractivity contribution < 1.29 is 14.6 Å². The van der Waals surface area contributed by atoms with Gasteiger partial charge >= 0.3 is 5.97 Å². The van der Waals surface area contributed by atoms with Crippen molar-refractivity contribution in [3.63, 3.8) is 0 Å². The molecule has 0 radical (unpaired) electrons. The van der Waals surface area contributed by atoms with Gasteiger partial charge in [0.05, 0.1) is 19.5 Å². The zero-order valence-corrected chi connectivity index (χ0v) is 22.1. The van der Waals surface area contributed by atoms with Crippen molar-refractivity contribution in [1.82, 2.24) is 24.8 Å². The maximum atomic E-state index is 11.7. The van der Waals surface area contributed by atoms with E-state index in [1.165, 1.54) is 11.3 Å². The zero-order valence-electron chi connectivity index (χ0n) is 21.3. The second kappa shape index (κ2) is 9.91. The highest BCUT2D eigenvalue weighted by molar-refractivity contribution is 7.21. The van der Waals surface area contributed by atoms with Gasteiger partial charge in [0.1, 0.15) is 34.3 Å². The van der Waals surface area contributed by atoms with Crippen LogP contribution in [0.25, 0.3) is 21.5 Å². The van der Waals surface area contributed by atoms with Crippen molar-refractivity contribution in [3.8, 4) is 16.9 Å². The molecule has 37 heavy (non-hydrogen) atoms. The van der Waals surface area contributed by atoms with E-state index in [-0.39, 0.29) is 6.42 Å². The Balaban J connectivity index is 1.56. The summed E-state index contributed by atoms with van der Waals surface area (Å²) >= 11 is 1.37. The topological polar surface area (TPSA) is 131 Å². The smallest absolute Gasteiger partial charge is 0.308 e. The molecule has 10 nitrogen and oxygen atoms in total. The van der Waals surface area contributed by atoms with Crippen LogP contribution in [0.5, 0.6) is 5.75 Å². The predicted octanol–water partition coefficient (Wildman–Crippen LogP) is 3.44. The third-order valence-electron chi connectivity index (χ3n) is 6.24. The molecule has 0 unspecified atom stereocenters. The van der Waals surface area contributed by atoms with Gasteiger partial charge in [-0.1, -0.05) is 11.3 Å². The third kappa shape index (κ3) is 5.18. The van der Waals surface area contributed by atoms with Gasteiger partial charge in [0.15, 0.2) is 5.13 Å². The molecule has 1 aliphatic heterocycles. The van der Waals surface area contributed by atoms with Gasteiger partial charge in [0.25, 0.3) is 0 Å². The highest BCUT2D eigenvalue weighted by atomic mass is 32.1. The minimum atomic E-state index is -0.913. The van der Waals surface area contributed by atoms with Crippen molar-refractivity contribution >= 4 is 38.6 Å². The molecule has 0 bridgehead atoms. The summed E-state index contributed by atoms with van der Waals surface area (Å²) in [5.41, 5.74) is 11.9. The molecule has 3 N–H and O–H groups in total. The average Bonchev–Trinajstić information content (AvgIpc) is 3.05. The number of nitrogens with two attached hydrogens (primary N) is 1. The maximum absolute atomic E-state index is 11.7. The summed E-state index contributed by atoms with van der Waals surface area (Å²) in [5.74, 6) is 1.23. The van der Waals surface area contributed by atoms with Crippen LogP contribution in [-0.4, -0.2) is 63.2 Å². The lowest BCUT2D eigenvalue weighted by Crippen LogP contribution is -2.29. The zero-order chi connectivity index (χ0) is 26.3. The van der Waals surface area contributed by atoms with Gasteiger partial charge in [-0.3, -0.25) is 4.79 Å². The molecule has 11 heteroatoms. The summed E-state index contributed by atoms with van der Waals surface area (Å²) in [4.78, 5) is 34.9. The number of anilines is 2. The van der Waals surface area contributed by atoms with Crippen molar-refractivity contribution in [3.05, 3.63) is 52.6 Å². The maximum Gasteiger partial charge on any atom is 0.308 e. The van der Waals surface area contributed by atoms with E-state index in [1.54, 1.807) is 0 Å². The fourth-order valence-electron chi connectivity index (χ4n) is 4.67. The Labute approximate surface area is 218 Å². The second-order valence-corrected chi connectivity index (χ2v) is 10.5. The monoisotopic (exact) mass is 519 g/mol. The van der Waals surface area contributed by atoms with Gasteiger partial charge in [-0.15, -0.1) is 0 Å². The van der Waals surface area contributed by atoms with Crippen molar-refractivity contribution in [1.29, 1.82) is 0 Å². The highest BCUT2D eigenvalue weighted by Crippen LogP contribution is 2.36. The number of aromatic nitrogens is 4. The van der Waals surface area contributed by atoms with Gasteiger partial charge in [0, 0.05) is 35.1 Å². The Kier molecular flexibility index (Phi) is 6.65. The van der Waals surface area contributed by atoms with Crippen LogP contribution in [0.1, 0.15) is 28.2 Å². The quantitative estimate of drug-likeness (QED) is 0.391. The van der Waals surface area contributed by atoms with Crippen molar-refractivity contribution in [2.45, 2.75) is 33.4 Å². The number of hydrogen-bond donors (Lipinski definition) is 2. The van der Waals surface area contributed by atoms with Crippen molar-refractivity contribution in [2.75, 3.05) is 37.9 Å². The van der Waals surface area contributed by atoms with E-state index in [2.05, 4.69) is 32.0 Å². The number of pyridine rings is 1. The van der Waals surface area contributed by atoms with E-state index in [0.29, 0.717) is 54.3 Å². The fourth-order valence-corrected chi connectivity index (χ4v) is 5.33. The van der Waals surface area contributed by atoms with Crippen LogP contribution >= 0.6 is 11.3 Å². The van der Waals surface area contributed by atoms with Crippen molar-refractivity contribution in [2.24, 2.45) is 0 Å². The number of rotatable bonds is 6. The average molecular weight is 520 g/mol. The Morgan fingerprint density at radius 3 is 2.76 bits per heavy atom. The largest absolute Gasteiger partial charge is 0.491 e. The number of aryl methyl sites for hydroxylation is 2. The Morgan fingerprint density at radius 2 is 2.00 bits per heavy atom. The lowest BCUT2D eigenvalue weighted by Gasteiger charge is -2.25. The summed E-state index contributed by atoms with van der Waals surface area (Å²) in [7, 11) is 3.91. The number of nitrogens with zero attached hydrogens (tertiary/aromatic N) is 6. The first-order chi connectivity index (χ1) is 17.7. The minimum Gasteiger partial charge on any atom is -0.491 e. The molecule has 0 amide bonds. The molecule has 3 aromatic heterocycles. The number of aliphatic carboxylic acids is 1. The predicted molar refractivity (Wildman–Crippen MR) is 144 cm³/mol. The van der Waals surface area contributed by atoms with Crippen LogP contribution in [0.4, 0.5) is 10.9 Å². The summed E-state index contributed by atoms with van der Waals surface area (Å²) in [6.45, 7) is 5.99. The normalized spacial score (nSPS) is 13.5. The first-order valence-electron chi connectivity index (χ1n) is 11.9. The van der Waals surface area contributed by atoms with Crippen LogP contribution < -0.4 is 15.4 Å². The van der Waals surface area contributed by atoms with E-state index < -0.39 is 5.97 Å². The van der Waals surface area contributed by atoms with Gasteiger partial charge in [-0.05, 0) is 57.3 Å². The van der Waals surface area contributed by atoms with Crippen LogP contribution in [0.3, 0.4) is 0 Å². The molecule has 5 rings (SSSR count). The molecule has 4 aromatic rings. The first kappa shape index (κ1) is 24.8. The molecule has 0 saturated heterocycles. The summed E-state index contributed by atoms with van der Waals surface area (Å²) in [6.07, 6.45) is 1.69. The van der Waals surface area contributed by atoms with E-state index in [9.17, 15) is 9.90 Å². The third-order valence-corrected chi connectivity index (χ3v) is 7.05. The molecule has 0 saturated carbocycles. The van der Waals surface area contributed by atoms with Crippen LogP contribution in [0.15, 0.2) is 24.4 Å². The SMILES string of the molecule is Cc1cc(-c2cnc3sc(N)nc3c2)cc2c1OCCN(c1nc(CN(C)C)nc(C)c1CC(=O)O)C2. The fraction of sp³-hybridized carbons (Fsp3) is 0.346. The van der Waals surface area contributed by atoms with Gasteiger partial charge in [0.2, 0.25) is 0 Å². The van der Waals surface area contributed by atoms with Crippen LogP contribution in [0, 0.1) is 13.8 Å². The lowest BCUT2D eigenvalue weighted by atomic mass is 9.99. The molecule has 1 aromatic carbocycles. The Hall–Kier alpha value is -3.83. The number of thiazole rings is 1. The minimum absolute atomic E-state index is 0.144. The lowest BCUT2D eigenvalue weighted by molar-refractivity contribution is -0.136. The molecule has 4 heterocycles. The molecular weight excluding hydrogens is 490 g/mol. The number of hydrogen-bond acceptors (Lipinski definition) is 10. The van der Waals surface area contributed by atoms with Gasteiger partial charge < -0.3 is 25.4 Å². The number of carbonyl (C=O) groups is 1. The number of carboxylic acids is 1. The number of carboxylic acid groups (broad SMARTS) is 1. The van der Waals surface area contributed by atoms with Crippen LogP contribution in [-0.2, 0) is 24.3 Å². The van der Waals surface area contributed by atoms with Gasteiger partial charge in [-0.25, -0.2) is 19.9 Å². The second-order valence-electron chi connectivity index (χ2n) is 9.49.